The van der Waals surface area contributed by atoms with Gasteiger partial charge in [-0.05, 0) is 83.5 Å². The number of allylic oxidation sites excluding steroid dienone is 8. The van der Waals surface area contributed by atoms with E-state index in [0.29, 0.717) is 19.3 Å². The fraction of sp³-hybridized carbons (Fsp3) is 0.853. The minimum atomic E-state index is -0.776. The van der Waals surface area contributed by atoms with Crippen molar-refractivity contribution in [3.05, 3.63) is 48.6 Å². The standard InChI is InChI=1S/C75H138O6/c1-4-7-10-13-16-19-22-25-28-31-33-35-36-37-38-40-41-44-47-50-53-56-59-62-65-68-74(77)80-71-72(70-79-73(76)67-64-61-58-55-52-49-46-43-30-27-24-21-18-15-12-9-6-3)81-75(78)69-66-63-60-57-54-51-48-45-42-39-34-32-29-26-23-20-17-14-11-8-5-2/h22,25,31-34,36-37,72H,4-21,23-24,26-30,35,38-71H2,1-3H3/b25-22-,33-31-,34-32-,37-36-. The van der Waals surface area contributed by atoms with Gasteiger partial charge in [0.2, 0.25) is 0 Å². The summed E-state index contributed by atoms with van der Waals surface area (Å²) in [5, 5.41) is 0. The smallest absolute Gasteiger partial charge is 0.306 e. The predicted octanol–water partition coefficient (Wildman–Crippen LogP) is 24.9. The van der Waals surface area contributed by atoms with Crippen molar-refractivity contribution < 1.29 is 28.6 Å². The molecule has 0 aromatic rings. The van der Waals surface area contributed by atoms with Crippen LogP contribution in [0, 0.1) is 0 Å². The van der Waals surface area contributed by atoms with E-state index in [0.717, 1.165) is 70.6 Å². The first-order chi connectivity index (χ1) is 40.0. The maximum Gasteiger partial charge on any atom is 0.306 e. The third-order valence-electron chi connectivity index (χ3n) is 16.3. The van der Waals surface area contributed by atoms with Crippen LogP contribution in [0.4, 0.5) is 0 Å². The highest BCUT2D eigenvalue weighted by molar-refractivity contribution is 5.71. The first-order valence-electron chi connectivity index (χ1n) is 36.1. The Hall–Kier alpha value is -2.63. The predicted molar refractivity (Wildman–Crippen MR) is 353 cm³/mol. The molecule has 0 aromatic carbocycles. The van der Waals surface area contributed by atoms with Gasteiger partial charge in [-0.1, -0.05) is 339 Å². The summed E-state index contributed by atoms with van der Waals surface area (Å²) in [5.74, 6) is -0.848. The molecule has 0 amide bonds. The van der Waals surface area contributed by atoms with Gasteiger partial charge < -0.3 is 14.2 Å². The Labute approximate surface area is 505 Å². The molecule has 1 atom stereocenters. The minimum absolute atomic E-state index is 0.0703. The van der Waals surface area contributed by atoms with Crippen LogP contribution in [0.3, 0.4) is 0 Å². The van der Waals surface area contributed by atoms with Crippen LogP contribution in [-0.2, 0) is 28.6 Å². The van der Waals surface area contributed by atoms with Crippen molar-refractivity contribution in [2.24, 2.45) is 0 Å². The molecule has 0 heterocycles. The van der Waals surface area contributed by atoms with E-state index < -0.39 is 6.10 Å². The van der Waals surface area contributed by atoms with E-state index in [9.17, 15) is 14.4 Å². The van der Waals surface area contributed by atoms with Crippen molar-refractivity contribution in [2.45, 2.75) is 399 Å². The monoisotopic (exact) mass is 1140 g/mol. The fourth-order valence-electron chi connectivity index (χ4n) is 10.9. The molecule has 0 aliphatic rings. The molecule has 0 aliphatic heterocycles. The summed E-state index contributed by atoms with van der Waals surface area (Å²) in [6.45, 7) is 6.70. The first kappa shape index (κ1) is 78.4. The topological polar surface area (TPSA) is 78.9 Å². The Morgan fingerprint density at radius 3 is 0.704 bits per heavy atom. The second kappa shape index (κ2) is 69.9. The number of esters is 3. The molecule has 0 fully saturated rings. The average Bonchev–Trinajstić information content (AvgIpc) is 3.47. The van der Waals surface area contributed by atoms with Crippen molar-refractivity contribution in [2.75, 3.05) is 13.2 Å². The number of unbranched alkanes of at least 4 members (excludes halogenated alkanes) is 48. The molecule has 0 aromatic heterocycles. The van der Waals surface area contributed by atoms with Crippen LogP contribution < -0.4 is 0 Å². The van der Waals surface area contributed by atoms with Gasteiger partial charge in [-0.15, -0.1) is 0 Å². The van der Waals surface area contributed by atoms with Crippen LogP contribution in [0.25, 0.3) is 0 Å². The lowest BCUT2D eigenvalue weighted by atomic mass is 10.0. The Kier molecular flexibility index (Phi) is 67.6. The number of ether oxygens (including phenoxy) is 3. The highest BCUT2D eigenvalue weighted by atomic mass is 16.6. The van der Waals surface area contributed by atoms with Gasteiger partial charge in [0, 0.05) is 19.3 Å². The van der Waals surface area contributed by atoms with E-state index in [1.807, 2.05) is 0 Å². The molecule has 0 radical (unpaired) electrons. The molecular formula is C75H138O6. The van der Waals surface area contributed by atoms with Crippen molar-refractivity contribution in [3.63, 3.8) is 0 Å². The first-order valence-corrected chi connectivity index (χ1v) is 36.1. The molecule has 0 N–H and O–H groups in total. The van der Waals surface area contributed by atoms with Crippen molar-refractivity contribution >= 4 is 17.9 Å². The lowest BCUT2D eigenvalue weighted by Crippen LogP contribution is -2.30. The summed E-state index contributed by atoms with van der Waals surface area (Å²) in [6.07, 6.45) is 88.5. The van der Waals surface area contributed by atoms with Crippen LogP contribution >= 0.6 is 0 Å². The lowest BCUT2D eigenvalue weighted by molar-refractivity contribution is -0.167. The minimum Gasteiger partial charge on any atom is -0.462 e. The van der Waals surface area contributed by atoms with Crippen LogP contribution in [-0.4, -0.2) is 37.2 Å². The molecule has 0 aliphatic carbocycles. The van der Waals surface area contributed by atoms with Crippen molar-refractivity contribution in [3.8, 4) is 0 Å². The van der Waals surface area contributed by atoms with Crippen LogP contribution in [0.5, 0.6) is 0 Å². The van der Waals surface area contributed by atoms with E-state index in [1.54, 1.807) is 0 Å². The van der Waals surface area contributed by atoms with E-state index in [-0.39, 0.29) is 31.1 Å². The lowest BCUT2D eigenvalue weighted by Gasteiger charge is -2.18. The van der Waals surface area contributed by atoms with Crippen LogP contribution in [0.15, 0.2) is 48.6 Å². The van der Waals surface area contributed by atoms with Crippen molar-refractivity contribution in [1.29, 1.82) is 0 Å². The summed E-state index contributed by atoms with van der Waals surface area (Å²) in [5.41, 5.74) is 0. The number of carbonyl (C=O) groups excluding carboxylic acids is 3. The van der Waals surface area contributed by atoms with Gasteiger partial charge in [-0.2, -0.15) is 0 Å². The Morgan fingerprint density at radius 2 is 0.444 bits per heavy atom. The molecule has 81 heavy (non-hydrogen) atoms. The second-order valence-corrected chi connectivity index (χ2v) is 24.5. The second-order valence-electron chi connectivity index (χ2n) is 24.5. The maximum atomic E-state index is 13.0. The number of hydrogen-bond donors (Lipinski definition) is 0. The van der Waals surface area contributed by atoms with E-state index in [1.165, 1.54) is 283 Å². The van der Waals surface area contributed by atoms with E-state index in [2.05, 4.69) is 69.4 Å². The summed E-state index contributed by atoms with van der Waals surface area (Å²) in [7, 11) is 0. The third-order valence-corrected chi connectivity index (χ3v) is 16.3. The number of hydrogen-bond acceptors (Lipinski definition) is 6. The third kappa shape index (κ3) is 68.0. The van der Waals surface area contributed by atoms with Gasteiger partial charge in [0.1, 0.15) is 13.2 Å². The highest BCUT2D eigenvalue weighted by Gasteiger charge is 2.19. The summed E-state index contributed by atoms with van der Waals surface area (Å²) in [4.78, 5) is 38.5. The molecule has 0 bridgehead atoms. The molecule has 0 spiro atoms. The van der Waals surface area contributed by atoms with Crippen molar-refractivity contribution in [1.82, 2.24) is 0 Å². The molecule has 6 heteroatoms. The number of rotatable bonds is 67. The van der Waals surface area contributed by atoms with Gasteiger partial charge >= 0.3 is 17.9 Å². The Balaban J connectivity index is 4.32. The van der Waals surface area contributed by atoms with Crippen LogP contribution in [0.2, 0.25) is 0 Å². The van der Waals surface area contributed by atoms with E-state index >= 15 is 0 Å². The normalized spacial score (nSPS) is 12.3. The van der Waals surface area contributed by atoms with Gasteiger partial charge in [0.05, 0.1) is 0 Å². The molecular weight excluding hydrogens is 997 g/mol. The molecule has 6 nitrogen and oxygen atoms in total. The quantitative estimate of drug-likeness (QED) is 0.0261. The average molecular weight is 1140 g/mol. The molecule has 1 unspecified atom stereocenters. The zero-order valence-corrected chi connectivity index (χ0v) is 54.6. The molecule has 0 saturated heterocycles. The molecule has 474 valence electrons. The van der Waals surface area contributed by atoms with Gasteiger partial charge in [-0.3, -0.25) is 14.4 Å². The van der Waals surface area contributed by atoms with Gasteiger partial charge in [-0.25, -0.2) is 0 Å². The summed E-state index contributed by atoms with van der Waals surface area (Å²) >= 11 is 0. The molecule has 0 rings (SSSR count). The Bertz CT molecular complexity index is 1400. The van der Waals surface area contributed by atoms with Gasteiger partial charge in [0.15, 0.2) is 6.10 Å². The van der Waals surface area contributed by atoms with Crippen LogP contribution in [0.1, 0.15) is 393 Å². The zero-order valence-electron chi connectivity index (χ0n) is 54.6. The maximum absolute atomic E-state index is 13.0. The summed E-state index contributed by atoms with van der Waals surface area (Å²) in [6, 6.07) is 0. The van der Waals surface area contributed by atoms with E-state index in [4.69, 9.17) is 14.2 Å². The fourth-order valence-corrected chi connectivity index (χ4v) is 10.9. The van der Waals surface area contributed by atoms with Gasteiger partial charge in [0.25, 0.3) is 0 Å². The summed E-state index contributed by atoms with van der Waals surface area (Å²) < 4.78 is 17.0. The molecule has 0 saturated carbocycles. The zero-order chi connectivity index (χ0) is 58.5. The highest BCUT2D eigenvalue weighted by Crippen LogP contribution is 2.18. The Morgan fingerprint density at radius 1 is 0.247 bits per heavy atom. The SMILES string of the molecule is CCCCCCC/C=C\C/C=C\C/C=C\CCCCCCCCCCCCC(=O)OCC(COC(=O)CCCCCCCCCCCCCCCCCCC)OC(=O)CCCCCCCCCCC/C=C\CCCCCCCCCC. The largest absolute Gasteiger partial charge is 0.462 e. The number of carbonyl (C=O) groups is 3.